The van der Waals surface area contributed by atoms with Crippen molar-refractivity contribution in [1.29, 1.82) is 0 Å². The SMILES string of the molecule is Cc1nc2ccncc2cc1C(=O)Nc1ccc(F)c(Cl)c1. The molecule has 0 fully saturated rings. The molecule has 1 amide bonds. The molecule has 4 nitrogen and oxygen atoms in total. The van der Waals surface area contributed by atoms with Gasteiger partial charge in [0.1, 0.15) is 5.82 Å². The fourth-order valence-electron chi connectivity index (χ4n) is 2.12. The normalized spacial score (nSPS) is 10.7. The average molecular weight is 316 g/mol. The summed E-state index contributed by atoms with van der Waals surface area (Å²) in [6, 6.07) is 7.52. The van der Waals surface area contributed by atoms with Gasteiger partial charge in [0, 0.05) is 23.5 Å². The lowest BCUT2D eigenvalue weighted by molar-refractivity contribution is 0.102. The molecule has 22 heavy (non-hydrogen) atoms. The van der Waals surface area contributed by atoms with Crippen molar-refractivity contribution in [3.05, 3.63) is 64.8 Å². The highest BCUT2D eigenvalue weighted by atomic mass is 35.5. The quantitative estimate of drug-likeness (QED) is 0.778. The number of pyridine rings is 2. The number of halogens is 2. The first kappa shape index (κ1) is 14.4. The highest BCUT2D eigenvalue weighted by Crippen LogP contribution is 2.21. The molecular weight excluding hydrogens is 305 g/mol. The molecule has 0 bridgehead atoms. The molecule has 0 saturated heterocycles. The molecule has 0 atom stereocenters. The molecule has 0 aliphatic rings. The van der Waals surface area contributed by atoms with Crippen LogP contribution >= 0.6 is 11.6 Å². The van der Waals surface area contributed by atoms with Crippen molar-refractivity contribution in [2.24, 2.45) is 0 Å². The highest BCUT2D eigenvalue weighted by molar-refractivity contribution is 6.31. The van der Waals surface area contributed by atoms with Crippen LogP contribution in [-0.4, -0.2) is 15.9 Å². The Hall–Kier alpha value is -2.53. The Kier molecular flexibility index (Phi) is 3.73. The number of hydrogen-bond acceptors (Lipinski definition) is 3. The molecule has 0 unspecified atom stereocenters. The van der Waals surface area contributed by atoms with Crippen LogP contribution in [0.15, 0.2) is 42.7 Å². The number of aromatic nitrogens is 2. The van der Waals surface area contributed by atoms with Gasteiger partial charge >= 0.3 is 0 Å². The second-order valence-corrected chi connectivity index (χ2v) is 5.18. The minimum Gasteiger partial charge on any atom is -0.322 e. The summed E-state index contributed by atoms with van der Waals surface area (Å²) in [5, 5.41) is 3.41. The Balaban J connectivity index is 1.94. The van der Waals surface area contributed by atoms with Gasteiger partial charge in [0.05, 0.1) is 21.8 Å². The number of anilines is 1. The zero-order valence-electron chi connectivity index (χ0n) is 11.6. The number of carbonyl (C=O) groups is 1. The van der Waals surface area contributed by atoms with Crippen molar-refractivity contribution < 1.29 is 9.18 Å². The standard InChI is InChI=1S/C16H11ClFN3O/c1-9-12(6-10-8-19-5-4-15(10)20-9)16(22)21-11-2-3-14(18)13(17)7-11/h2-8H,1H3,(H,21,22). The van der Waals surface area contributed by atoms with Gasteiger partial charge in [0.2, 0.25) is 0 Å². The maximum absolute atomic E-state index is 13.1. The predicted molar refractivity (Wildman–Crippen MR) is 83.6 cm³/mol. The number of nitrogens with zero attached hydrogens (tertiary/aromatic N) is 2. The molecule has 0 spiro atoms. The molecule has 3 aromatic rings. The maximum Gasteiger partial charge on any atom is 0.257 e. The minimum atomic E-state index is -0.533. The van der Waals surface area contributed by atoms with Crippen LogP contribution in [0.1, 0.15) is 16.1 Å². The van der Waals surface area contributed by atoms with Gasteiger partial charge in [-0.3, -0.25) is 14.8 Å². The third kappa shape index (κ3) is 2.76. The Labute approximate surface area is 131 Å². The number of amides is 1. The molecule has 1 aromatic carbocycles. The van der Waals surface area contributed by atoms with Crippen molar-refractivity contribution in [2.45, 2.75) is 6.92 Å². The van der Waals surface area contributed by atoms with Crippen LogP contribution in [0.4, 0.5) is 10.1 Å². The molecule has 2 heterocycles. The van der Waals surface area contributed by atoms with E-state index in [2.05, 4.69) is 15.3 Å². The molecule has 2 aromatic heterocycles. The van der Waals surface area contributed by atoms with E-state index in [0.29, 0.717) is 16.9 Å². The van der Waals surface area contributed by atoms with Crippen LogP contribution in [0, 0.1) is 12.7 Å². The Morgan fingerprint density at radius 2 is 2.09 bits per heavy atom. The van der Waals surface area contributed by atoms with Crippen LogP contribution in [0.3, 0.4) is 0 Å². The number of fused-ring (bicyclic) bond motifs is 1. The van der Waals surface area contributed by atoms with Crippen LogP contribution in [0.2, 0.25) is 5.02 Å². The molecular formula is C16H11ClFN3O. The van der Waals surface area contributed by atoms with Crippen molar-refractivity contribution in [3.63, 3.8) is 0 Å². The molecule has 3 rings (SSSR count). The molecule has 110 valence electrons. The number of nitrogens with one attached hydrogen (secondary N) is 1. The zero-order valence-corrected chi connectivity index (χ0v) is 12.4. The van der Waals surface area contributed by atoms with Gasteiger partial charge in [-0.15, -0.1) is 0 Å². The number of rotatable bonds is 2. The lowest BCUT2D eigenvalue weighted by Gasteiger charge is -2.09. The van der Waals surface area contributed by atoms with Gasteiger partial charge in [0.25, 0.3) is 5.91 Å². The van der Waals surface area contributed by atoms with Gasteiger partial charge in [0.15, 0.2) is 0 Å². The van der Waals surface area contributed by atoms with Crippen LogP contribution < -0.4 is 5.32 Å². The Morgan fingerprint density at radius 3 is 2.86 bits per heavy atom. The van der Waals surface area contributed by atoms with E-state index < -0.39 is 5.82 Å². The van der Waals surface area contributed by atoms with Crippen molar-refractivity contribution in [1.82, 2.24) is 9.97 Å². The third-order valence-corrected chi connectivity index (χ3v) is 3.52. The summed E-state index contributed by atoms with van der Waals surface area (Å²) < 4.78 is 13.1. The molecule has 6 heteroatoms. The topological polar surface area (TPSA) is 54.9 Å². The second kappa shape index (κ2) is 5.69. The van der Waals surface area contributed by atoms with E-state index in [-0.39, 0.29) is 10.9 Å². The van der Waals surface area contributed by atoms with E-state index in [4.69, 9.17) is 11.6 Å². The summed E-state index contributed by atoms with van der Waals surface area (Å²) in [6.07, 6.45) is 3.29. The van der Waals surface area contributed by atoms with Gasteiger partial charge in [-0.05, 0) is 37.3 Å². The number of carbonyl (C=O) groups excluding carboxylic acids is 1. The minimum absolute atomic E-state index is 0.0460. The number of aryl methyl sites for hydroxylation is 1. The lowest BCUT2D eigenvalue weighted by atomic mass is 10.1. The molecule has 0 radical (unpaired) electrons. The van der Waals surface area contributed by atoms with Gasteiger partial charge < -0.3 is 5.32 Å². The fraction of sp³-hybridized carbons (Fsp3) is 0.0625. The number of benzene rings is 1. The molecule has 1 N–H and O–H groups in total. The summed E-state index contributed by atoms with van der Waals surface area (Å²) in [5.74, 6) is -0.868. The van der Waals surface area contributed by atoms with E-state index in [1.165, 1.54) is 18.2 Å². The highest BCUT2D eigenvalue weighted by Gasteiger charge is 2.12. The van der Waals surface area contributed by atoms with E-state index in [9.17, 15) is 9.18 Å². The van der Waals surface area contributed by atoms with Gasteiger partial charge in [-0.25, -0.2) is 4.39 Å². The molecule has 0 saturated carbocycles. The summed E-state index contributed by atoms with van der Waals surface area (Å²) in [7, 11) is 0. The lowest BCUT2D eigenvalue weighted by Crippen LogP contribution is -2.14. The summed E-state index contributed by atoms with van der Waals surface area (Å²) in [5.41, 5.74) is 2.22. The smallest absolute Gasteiger partial charge is 0.257 e. The Morgan fingerprint density at radius 1 is 1.27 bits per heavy atom. The van der Waals surface area contributed by atoms with Crippen LogP contribution in [0.5, 0.6) is 0 Å². The molecule has 0 aliphatic carbocycles. The molecule has 0 aliphatic heterocycles. The van der Waals surface area contributed by atoms with Crippen molar-refractivity contribution in [2.75, 3.05) is 5.32 Å². The maximum atomic E-state index is 13.1. The van der Waals surface area contributed by atoms with Crippen molar-refractivity contribution >= 4 is 34.1 Å². The summed E-state index contributed by atoms with van der Waals surface area (Å²) in [6.45, 7) is 1.76. The van der Waals surface area contributed by atoms with Crippen LogP contribution in [-0.2, 0) is 0 Å². The van der Waals surface area contributed by atoms with E-state index in [0.717, 1.165) is 10.9 Å². The first-order valence-corrected chi connectivity index (χ1v) is 6.90. The van der Waals surface area contributed by atoms with Gasteiger partial charge in [-0.2, -0.15) is 0 Å². The van der Waals surface area contributed by atoms with Gasteiger partial charge in [-0.1, -0.05) is 11.6 Å². The Bertz CT molecular complexity index is 882. The number of hydrogen-bond donors (Lipinski definition) is 1. The monoisotopic (exact) mass is 315 g/mol. The van der Waals surface area contributed by atoms with E-state index >= 15 is 0 Å². The second-order valence-electron chi connectivity index (χ2n) is 4.77. The van der Waals surface area contributed by atoms with Crippen molar-refractivity contribution in [3.8, 4) is 0 Å². The largest absolute Gasteiger partial charge is 0.322 e. The third-order valence-electron chi connectivity index (χ3n) is 3.23. The average Bonchev–Trinajstić information content (AvgIpc) is 2.50. The summed E-state index contributed by atoms with van der Waals surface area (Å²) in [4.78, 5) is 20.8. The predicted octanol–water partition coefficient (Wildman–Crippen LogP) is 3.98. The zero-order chi connectivity index (χ0) is 15.7. The van der Waals surface area contributed by atoms with E-state index in [1.54, 1.807) is 31.5 Å². The summed E-state index contributed by atoms with van der Waals surface area (Å²) >= 11 is 5.71. The van der Waals surface area contributed by atoms with Crippen LogP contribution in [0.25, 0.3) is 10.9 Å². The first-order chi connectivity index (χ1) is 10.5. The fourth-order valence-corrected chi connectivity index (χ4v) is 2.30. The van der Waals surface area contributed by atoms with E-state index in [1.807, 2.05) is 0 Å². The first-order valence-electron chi connectivity index (χ1n) is 6.52.